The molecule has 0 saturated carbocycles. The molecule has 0 radical (unpaired) electrons. The van der Waals surface area contributed by atoms with Gasteiger partial charge < -0.3 is 14.6 Å². The van der Waals surface area contributed by atoms with Gasteiger partial charge in [0.25, 0.3) is 0 Å². The van der Waals surface area contributed by atoms with Crippen LogP contribution in [0, 0.1) is 27.7 Å². The summed E-state index contributed by atoms with van der Waals surface area (Å²) in [6.45, 7) is 10.0. The first kappa shape index (κ1) is 20.8. The number of benzene rings is 1. The van der Waals surface area contributed by atoms with Gasteiger partial charge in [-0.3, -0.25) is 0 Å². The second-order valence-corrected chi connectivity index (χ2v) is 7.84. The molecule has 162 valence electrons. The molecule has 1 aromatic carbocycles. The van der Waals surface area contributed by atoms with Gasteiger partial charge in [-0.2, -0.15) is 14.6 Å². The number of aromatic nitrogens is 5. The molecule has 0 amide bonds. The summed E-state index contributed by atoms with van der Waals surface area (Å²) in [4.78, 5) is 9.17. The quantitative estimate of drug-likeness (QED) is 0.472. The molecule has 0 saturated heterocycles. The van der Waals surface area contributed by atoms with Gasteiger partial charge in [-0.25, -0.2) is 4.98 Å². The summed E-state index contributed by atoms with van der Waals surface area (Å²) in [6.07, 6.45) is 1.57. The Hall–Kier alpha value is -3.42. The predicted octanol–water partition coefficient (Wildman–Crippen LogP) is 4.45. The molecule has 0 aliphatic carbocycles. The Labute approximate surface area is 181 Å². The Morgan fingerprint density at radius 3 is 2.58 bits per heavy atom. The molecular formula is C23H28N6O2. The molecule has 0 aliphatic rings. The van der Waals surface area contributed by atoms with Crippen LogP contribution in [0.5, 0.6) is 5.75 Å². The van der Waals surface area contributed by atoms with Crippen molar-refractivity contribution in [2.24, 2.45) is 0 Å². The van der Waals surface area contributed by atoms with Gasteiger partial charge >= 0.3 is 0 Å². The Bertz CT molecular complexity index is 1230. The third kappa shape index (κ3) is 4.10. The summed E-state index contributed by atoms with van der Waals surface area (Å²) >= 11 is 0. The maximum Gasteiger partial charge on any atom is 0.223 e. The van der Waals surface area contributed by atoms with Crippen molar-refractivity contribution >= 4 is 11.5 Å². The fourth-order valence-electron chi connectivity index (χ4n) is 3.86. The van der Waals surface area contributed by atoms with Gasteiger partial charge in [0, 0.05) is 36.7 Å². The van der Waals surface area contributed by atoms with Crippen molar-refractivity contribution < 1.29 is 9.26 Å². The molecule has 0 fully saturated rings. The highest BCUT2D eigenvalue weighted by atomic mass is 16.5. The fraction of sp³-hybridized carbons (Fsp3) is 0.391. The minimum absolute atomic E-state index is 0.137. The van der Waals surface area contributed by atoms with Crippen molar-refractivity contribution in [3.8, 4) is 16.9 Å². The molecule has 4 rings (SSSR count). The van der Waals surface area contributed by atoms with E-state index in [-0.39, 0.29) is 6.04 Å². The summed E-state index contributed by atoms with van der Waals surface area (Å²) in [6, 6.07) is 8.24. The van der Waals surface area contributed by atoms with Gasteiger partial charge in [-0.05, 0) is 50.5 Å². The monoisotopic (exact) mass is 420 g/mol. The van der Waals surface area contributed by atoms with Gasteiger partial charge in [0.1, 0.15) is 11.6 Å². The summed E-state index contributed by atoms with van der Waals surface area (Å²) in [7, 11) is 1.68. The van der Waals surface area contributed by atoms with E-state index >= 15 is 0 Å². The van der Waals surface area contributed by atoms with Crippen LogP contribution in [0.2, 0.25) is 0 Å². The van der Waals surface area contributed by atoms with Crippen LogP contribution in [0.1, 0.15) is 42.0 Å². The van der Waals surface area contributed by atoms with Crippen molar-refractivity contribution in [3.63, 3.8) is 0 Å². The number of fused-ring (bicyclic) bond motifs is 1. The molecule has 0 spiro atoms. The van der Waals surface area contributed by atoms with Crippen molar-refractivity contribution in [1.29, 1.82) is 0 Å². The lowest BCUT2D eigenvalue weighted by molar-refractivity contribution is 0.386. The van der Waals surface area contributed by atoms with Crippen LogP contribution >= 0.6 is 0 Å². The predicted molar refractivity (Wildman–Crippen MR) is 120 cm³/mol. The molecule has 3 aromatic heterocycles. The van der Waals surface area contributed by atoms with E-state index < -0.39 is 0 Å². The second kappa shape index (κ2) is 8.37. The molecular weight excluding hydrogens is 392 g/mol. The minimum Gasteiger partial charge on any atom is -0.497 e. The Morgan fingerprint density at radius 1 is 1.13 bits per heavy atom. The van der Waals surface area contributed by atoms with E-state index in [0.29, 0.717) is 18.1 Å². The number of anilines is 1. The van der Waals surface area contributed by atoms with Gasteiger partial charge in [0.15, 0.2) is 11.5 Å². The Morgan fingerprint density at radius 2 is 1.94 bits per heavy atom. The fourth-order valence-corrected chi connectivity index (χ4v) is 3.86. The third-order valence-corrected chi connectivity index (χ3v) is 5.44. The van der Waals surface area contributed by atoms with Crippen LogP contribution in [0.25, 0.3) is 16.8 Å². The first-order valence-electron chi connectivity index (χ1n) is 10.5. The van der Waals surface area contributed by atoms with E-state index in [9.17, 15) is 0 Å². The number of nitrogens with zero attached hydrogens (tertiary/aromatic N) is 5. The zero-order valence-electron chi connectivity index (χ0n) is 18.9. The SMILES string of the molecule is CCC(Cc1noc(C)n1)Nc1cc(C)nc2c(-c3ccc(OC)cc3C)c(C)nn12. The molecule has 1 N–H and O–H groups in total. The standard InChI is InChI=1S/C23H28N6O2/c1-7-17(12-20-25-16(5)31-28-20)26-21-11-14(3)24-23-22(15(4)27-29(21)23)19-9-8-18(30-6)10-13(19)2/h8-11,17,26H,7,12H2,1-6H3. The molecule has 3 heterocycles. The van der Waals surface area contributed by atoms with Crippen molar-refractivity contribution in [1.82, 2.24) is 24.7 Å². The highest BCUT2D eigenvalue weighted by molar-refractivity contribution is 5.83. The van der Waals surface area contributed by atoms with Gasteiger partial charge in [0.05, 0.1) is 12.8 Å². The number of nitrogens with one attached hydrogen (secondary N) is 1. The third-order valence-electron chi connectivity index (χ3n) is 5.44. The first-order chi connectivity index (χ1) is 14.9. The topological polar surface area (TPSA) is 90.4 Å². The first-order valence-corrected chi connectivity index (χ1v) is 10.5. The molecule has 1 atom stereocenters. The van der Waals surface area contributed by atoms with Crippen molar-refractivity contribution in [3.05, 3.63) is 52.9 Å². The van der Waals surface area contributed by atoms with Crippen LogP contribution in [-0.2, 0) is 6.42 Å². The van der Waals surface area contributed by atoms with E-state index in [1.54, 1.807) is 14.0 Å². The van der Waals surface area contributed by atoms with Crippen LogP contribution < -0.4 is 10.1 Å². The van der Waals surface area contributed by atoms with Crippen molar-refractivity contribution in [2.45, 2.75) is 53.5 Å². The van der Waals surface area contributed by atoms with E-state index in [1.165, 1.54) is 0 Å². The van der Waals surface area contributed by atoms with E-state index in [4.69, 9.17) is 19.3 Å². The van der Waals surface area contributed by atoms with E-state index in [0.717, 1.165) is 51.7 Å². The number of hydrogen-bond acceptors (Lipinski definition) is 7. The summed E-state index contributed by atoms with van der Waals surface area (Å²) < 4.78 is 12.4. The summed E-state index contributed by atoms with van der Waals surface area (Å²) in [5.41, 5.74) is 5.94. The number of hydrogen-bond donors (Lipinski definition) is 1. The highest BCUT2D eigenvalue weighted by Gasteiger charge is 2.20. The lowest BCUT2D eigenvalue weighted by atomic mass is 10.0. The normalized spacial score (nSPS) is 12.3. The van der Waals surface area contributed by atoms with E-state index in [2.05, 4.69) is 35.4 Å². The minimum atomic E-state index is 0.137. The van der Waals surface area contributed by atoms with Crippen LogP contribution in [0.4, 0.5) is 5.82 Å². The molecule has 8 nitrogen and oxygen atoms in total. The van der Waals surface area contributed by atoms with E-state index in [1.807, 2.05) is 36.6 Å². The smallest absolute Gasteiger partial charge is 0.223 e. The average Bonchev–Trinajstić information content (AvgIpc) is 3.29. The lowest BCUT2D eigenvalue weighted by Gasteiger charge is -2.18. The highest BCUT2D eigenvalue weighted by Crippen LogP contribution is 2.33. The maximum absolute atomic E-state index is 5.37. The van der Waals surface area contributed by atoms with Crippen LogP contribution in [0.15, 0.2) is 28.8 Å². The van der Waals surface area contributed by atoms with Gasteiger partial charge in [0.2, 0.25) is 5.89 Å². The lowest BCUT2D eigenvalue weighted by Crippen LogP contribution is -2.24. The molecule has 0 aliphatic heterocycles. The molecule has 0 bridgehead atoms. The molecule has 8 heteroatoms. The number of aryl methyl sites for hydroxylation is 4. The van der Waals surface area contributed by atoms with Crippen LogP contribution in [0.3, 0.4) is 0 Å². The van der Waals surface area contributed by atoms with Gasteiger partial charge in [-0.1, -0.05) is 18.1 Å². The number of ether oxygens (including phenoxy) is 1. The largest absolute Gasteiger partial charge is 0.497 e. The molecule has 4 aromatic rings. The average molecular weight is 421 g/mol. The molecule has 31 heavy (non-hydrogen) atoms. The second-order valence-electron chi connectivity index (χ2n) is 7.84. The number of methoxy groups -OCH3 is 1. The zero-order chi connectivity index (χ0) is 22.1. The number of rotatable bonds is 7. The molecule has 1 unspecified atom stereocenters. The maximum atomic E-state index is 5.37. The Kier molecular flexibility index (Phi) is 5.63. The Balaban J connectivity index is 1.75. The zero-order valence-corrected chi connectivity index (χ0v) is 18.9. The van der Waals surface area contributed by atoms with Crippen molar-refractivity contribution in [2.75, 3.05) is 12.4 Å². The summed E-state index contributed by atoms with van der Waals surface area (Å²) in [5.74, 6) is 3.01. The van der Waals surface area contributed by atoms with Gasteiger partial charge in [-0.15, -0.1) is 0 Å². The van der Waals surface area contributed by atoms with Crippen LogP contribution in [-0.4, -0.2) is 37.9 Å². The summed E-state index contributed by atoms with van der Waals surface area (Å²) in [5, 5.41) is 12.5.